The maximum absolute atomic E-state index is 13.1. The Morgan fingerprint density at radius 2 is 1.73 bits per heavy atom. The van der Waals surface area contributed by atoms with Gasteiger partial charge in [0.1, 0.15) is 0 Å². The average molecular weight is 519 g/mol. The first-order valence-electron chi connectivity index (χ1n) is 12.3. The predicted molar refractivity (Wildman–Crippen MR) is 148 cm³/mol. The van der Waals surface area contributed by atoms with Crippen molar-refractivity contribution in [3.63, 3.8) is 0 Å². The summed E-state index contributed by atoms with van der Waals surface area (Å²) < 4.78 is 32.3. The molecular weight excluding hydrogens is 488 g/mol. The van der Waals surface area contributed by atoms with Gasteiger partial charge >= 0.3 is 0 Å². The molecule has 0 spiro atoms. The Kier molecular flexibility index (Phi) is 7.27. The second-order valence-corrected chi connectivity index (χ2v) is 11.0. The van der Waals surface area contributed by atoms with Gasteiger partial charge in [0.05, 0.1) is 36.4 Å². The van der Waals surface area contributed by atoms with E-state index in [1.54, 1.807) is 6.07 Å². The molecule has 9 heteroatoms. The molecule has 8 nitrogen and oxygen atoms in total. The van der Waals surface area contributed by atoms with Gasteiger partial charge in [-0.15, -0.1) is 0 Å². The van der Waals surface area contributed by atoms with Gasteiger partial charge in [-0.25, -0.2) is 8.42 Å². The standard InChI is InChI=1S/C28H30N4O4S/c1-37(34,35)32(15-14-31-16-18-36-19-17-31)23-11-7-10-22(20-23)29-27(21-8-3-2-4-9-21)26-24-12-5-6-13-25(24)30-28(26)33/h2-13,20,29H,14-19H2,1H3,(H,30,33). The van der Waals surface area contributed by atoms with Crippen molar-refractivity contribution in [3.05, 3.63) is 90.0 Å². The van der Waals surface area contributed by atoms with Crippen molar-refractivity contribution in [1.29, 1.82) is 0 Å². The van der Waals surface area contributed by atoms with Gasteiger partial charge in [-0.2, -0.15) is 0 Å². The number of hydrogen-bond donors (Lipinski definition) is 2. The van der Waals surface area contributed by atoms with E-state index in [1.807, 2.05) is 72.8 Å². The molecule has 2 aliphatic heterocycles. The van der Waals surface area contributed by atoms with E-state index in [9.17, 15) is 13.2 Å². The molecule has 2 N–H and O–H groups in total. The number of rotatable bonds is 8. The number of benzene rings is 3. The van der Waals surface area contributed by atoms with Crippen LogP contribution in [0.1, 0.15) is 11.1 Å². The van der Waals surface area contributed by atoms with Gasteiger partial charge in [-0.3, -0.25) is 14.0 Å². The van der Waals surface area contributed by atoms with E-state index in [4.69, 9.17) is 4.74 Å². The van der Waals surface area contributed by atoms with E-state index in [2.05, 4.69) is 15.5 Å². The van der Waals surface area contributed by atoms with Crippen molar-refractivity contribution >= 4 is 44.3 Å². The minimum absolute atomic E-state index is 0.188. The number of amides is 1. The molecule has 0 bridgehead atoms. The van der Waals surface area contributed by atoms with Crippen LogP contribution in [0.2, 0.25) is 0 Å². The van der Waals surface area contributed by atoms with Crippen LogP contribution in [0.4, 0.5) is 17.1 Å². The second-order valence-electron chi connectivity index (χ2n) is 9.08. The highest BCUT2D eigenvalue weighted by molar-refractivity contribution is 7.92. The number of morpholine rings is 1. The van der Waals surface area contributed by atoms with Crippen LogP contribution in [0.25, 0.3) is 11.3 Å². The lowest BCUT2D eigenvalue weighted by molar-refractivity contribution is -0.110. The van der Waals surface area contributed by atoms with Crippen molar-refractivity contribution in [2.24, 2.45) is 0 Å². The average Bonchev–Trinajstić information content (AvgIpc) is 3.23. The maximum Gasteiger partial charge on any atom is 0.258 e. The summed E-state index contributed by atoms with van der Waals surface area (Å²) in [5, 5.41) is 6.37. The van der Waals surface area contributed by atoms with Gasteiger partial charge in [0.2, 0.25) is 10.0 Å². The Morgan fingerprint density at radius 3 is 2.49 bits per heavy atom. The number of anilines is 3. The Morgan fingerprint density at radius 1 is 1.00 bits per heavy atom. The lowest BCUT2D eigenvalue weighted by Crippen LogP contribution is -2.43. The lowest BCUT2D eigenvalue weighted by atomic mass is 10.00. The summed E-state index contributed by atoms with van der Waals surface area (Å²) in [7, 11) is -3.51. The SMILES string of the molecule is CS(=O)(=O)N(CCN1CCOCC1)c1cccc(NC(=C2C(=O)Nc3ccccc32)c2ccccc2)c1. The van der Waals surface area contributed by atoms with E-state index in [-0.39, 0.29) is 5.91 Å². The van der Waals surface area contributed by atoms with E-state index in [1.165, 1.54) is 10.6 Å². The third-order valence-electron chi connectivity index (χ3n) is 6.51. The van der Waals surface area contributed by atoms with E-state index < -0.39 is 10.0 Å². The number of para-hydroxylation sites is 1. The first-order valence-corrected chi connectivity index (χ1v) is 14.1. The van der Waals surface area contributed by atoms with Gasteiger partial charge < -0.3 is 15.4 Å². The minimum Gasteiger partial charge on any atom is -0.379 e. The number of nitrogens with one attached hydrogen (secondary N) is 2. The highest BCUT2D eigenvalue weighted by atomic mass is 32.2. The molecule has 0 atom stereocenters. The number of ether oxygens (including phenoxy) is 1. The van der Waals surface area contributed by atoms with Crippen molar-refractivity contribution < 1.29 is 17.9 Å². The second kappa shape index (κ2) is 10.8. The predicted octanol–water partition coefficient (Wildman–Crippen LogP) is 3.72. The molecule has 0 aromatic heterocycles. The van der Waals surface area contributed by atoms with Crippen LogP contribution in [-0.2, 0) is 19.6 Å². The molecule has 1 amide bonds. The van der Waals surface area contributed by atoms with Crippen LogP contribution in [0.5, 0.6) is 0 Å². The van der Waals surface area contributed by atoms with Gasteiger partial charge in [-0.05, 0) is 29.8 Å². The van der Waals surface area contributed by atoms with Crippen molar-refractivity contribution in [2.75, 3.05) is 60.6 Å². The van der Waals surface area contributed by atoms with Gasteiger partial charge in [0.15, 0.2) is 0 Å². The Labute approximate surface area is 217 Å². The summed E-state index contributed by atoms with van der Waals surface area (Å²) in [6.45, 7) is 3.85. The quantitative estimate of drug-likeness (QED) is 0.442. The first-order chi connectivity index (χ1) is 17.9. The molecule has 0 saturated carbocycles. The number of carbonyl (C=O) groups is 1. The summed E-state index contributed by atoms with van der Waals surface area (Å²) in [4.78, 5) is 15.3. The van der Waals surface area contributed by atoms with Crippen molar-refractivity contribution in [2.45, 2.75) is 0 Å². The summed E-state index contributed by atoms with van der Waals surface area (Å²) in [6.07, 6.45) is 1.23. The van der Waals surface area contributed by atoms with Crippen LogP contribution in [0, 0.1) is 0 Å². The van der Waals surface area contributed by atoms with Crippen molar-refractivity contribution in [3.8, 4) is 0 Å². The summed E-state index contributed by atoms with van der Waals surface area (Å²) in [6, 6.07) is 24.5. The summed E-state index contributed by atoms with van der Waals surface area (Å²) in [5.74, 6) is -0.188. The fourth-order valence-electron chi connectivity index (χ4n) is 4.68. The van der Waals surface area contributed by atoms with Crippen LogP contribution < -0.4 is 14.9 Å². The number of carbonyl (C=O) groups excluding carboxylic acids is 1. The monoisotopic (exact) mass is 518 g/mol. The highest BCUT2D eigenvalue weighted by Gasteiger charge is 2.28. The van der Waals surface area contributed by atoms with Crippen LogP contribution in [0.3, 0.4) is 0 Å². The zero-order valence-corrected chi connectivity index (χ0v) is 21.5. The Hall–Kier alpha value is -3.66. The third kappa shape index (κ3) is 5.69. The first kappa shape index (κ1) is 25.0. The summed E-state index contributed by atoms with van der Waals surface area (Å²) in [5.41, 5.74) is 4.87. The molecule has 0 aliphatic carbocycles. The van der Waals surface area contributed by atoms with Crippen LogP contribution in [-0.4, -0.2) is 64.9 Å². The van der Waals surface area contributed by atoms with Gasteiger partial charge in [0.25, 0.3) is 5.91 Å². The molecule has 5 rings (SSSR count). The Balaban J connectivity index is 1.49. The fourth-order valence-corrected chi connectivity index (χ4v) is 5.59. The molecule has 3 aromatic carbocycles. The molecule has 3 aromatic rings. The Bertz CT molecular complexity index is 1420. The fraction of sp³-hybridized carbons (Fsp3) is 0.250. The molecule has 0 unspecified atom stereocenters. The molecule has 1 saturated heterocycles. The molecule has 2 aliphatic rings. The normalized spacial score (nSPS) is 17.2. The van der Waals surface area contributed by atoms with E-state index in [0.717, 1.165) is 29.9 Å². The molecular formula is C28H30N4O4S. The third-order valence-corrected chi connectivity index (χ3v) is 7.71. The zero-order valence-electron chi connectivity index (χ0n) is 20.7. The van der Waals surface area contributed by atoms with E-state index >= 15 is 0 Å². The number of fused-ring (bicyclic) bond motifs is 1. The highest BCUT2D eigenvalue weighted by Crippen LogP contribution is 2.37. The maximum atomic E-state index is 13.1. The number of sulfonamides is 1. The molecule has 1 fully saturated rings. The van der Waals surface area contributed by atoms with Crippen molar-refractivity contribution in [1.82, 2.24) is 4.90 Å². The number of hydrogen-bond acceptors (Lipinski definition) is 6. The smallest absolute Gasteiger partial charge is 0.258 e. The number of nitrogens with zero attached hydrogens (tertiary/aromatic N) is 2. The van der Waals surface area contributed by atoms with Gasteiger partial charge in [-0.1, -0.05) is 54.6 Å². The van der Waals surface area contributed by atoms with Crippen LogP contribution in [0.15, 0.2) is 78.9 Å². The lowest BCUT2D eigenvalue weighted by Gasteiger charge is -2.30. The summed E-state index contributed by atoms with van der Waals surface area (Å²) >= 11 is 0. The largest absolute Gasteiger partial charge is 0.379 e. The van der Waals surface area contributed by atoms with Crippen LogP contribution >= 0.6 is 0 Å². The van der Waals surface area contributed by atoms with Gasteiger partial charge in [0, 0.05) is 43.1 Å². The minimum atomic E-state index is -3.51. The molecule has 2 heterocycles. The zero-order chi connectivity index (χ0) is 25.8. The molecule has 192 valence electrons. The molecule has 37 heavy (non-hydrogen) atoms. The molecule has 0 radical (unpaired) electrons. The van der Waals surface area contributed by atoms with E-state index in [0.29, 0.717) is 48.9 Å². The topological polar surface area (TPSA) is 91.0 Å².